The summed E-state index contributed by atoms with van der Waals surface area (Å²) >= 11 is 0. The zero-order valence-corrected chi connectivity index (χ0v) is 16.3. The predicted octanol–water partition coefficient (Wildman–Crippen LogP) is 3.40. The van der Waals surface area contributed by atoms with Crippen LogP contribution in [-0.4, -0.2) is 61.2 Å². The Bertz CT molecular complexity index is 473. The van der Waals surface area contributed by atoms with Gasteiger partial charge in [0.15, 0.2) is 0 Å². The third kappa shape index (κ3) is 5.80. The Balaban J connectivity index is 1.35. The van der Waals surface area contributed by atoms with E-state index >= 15 is 0 Å². The second-order valence-electron chi connectivity index (χ2n) is 8.31. The van der Waals surface area contributed by atoms with Crippen LogP contribution in [0.3, 0.4) is 0 Å². The van der Waals surface area contributed by atoms with Gasteiger partial charge in [-0.2, -0.15) is 0 Å². The average Bonchev–Trinajstić information content (AvgIpc) is 3.16. The van der Waals surface area contributed by atoms with Gasteiger partial charge in [0.1, 0.15) is 0 Å². The van der Waals surface area contributed by atoms with Gasteiger partial charge in [0.25, 0.3) is 0 Å². The largest absolute Gasteiger partial charge is 0.312 e. The van der Waals surface area contributed by atoms with Crippen LogP contribution in [0.25, 0.3) is 0 Å². The minimum Gasteiger partial charge on any atom is -0.312 e. The van der Waals surface area contributed by atoms with E-state index in [1.165, 1.54) is 76.9 Å². The van der Waals surface area contributed by atoms with Gasteiger partial charge < -0.3 is 10.2 Å². The first-order valence-electron chi connectivity index (χ1n) is 10.5. The lowest BCUT2D eigenvalue weighted by atomic mass is 10.00. The van der Waals surface area contributed by atoms with Gasteiger partial charge >= 0.3 is 0 Å². The van der Waals surface area contributed by atoms with Crippen molar-refractivity contribution in [3.8, 4) is 0 Å². The highest BCUT2D eigenvalue weighted by Gasteiger charge is 2.26. The Morgan fingerprint density at radius 2 is 1.68 bits per heavy atom. The minimum absolute atomic E-state index is 0.719. The lowest BCUT2D eigenvalue weighted by Gasteiger charge is -2.36. The van der Waals surface area contributed by atoms with Crippen LogP contribution < -0.4 is 5.32 Å². The zero-order valence-electron chi connectivity index (χ0n) is 16.3. The average molecular weight is 344 g/mol. The molecule has 1 atom stereocenters. The van der Waals surface area contributed by atoms with Crippen LogP contribution in [0.5, 0.6) is 0 Å². The van der Waals surface area contributed by atoms with E-state index in [1.54, 1.807) is 0 Å². The van der Waals surface area contributed by atoms with E-state index in [1.807, 2.05) is 0 Å². The standard InChI is InChI=1S/C22H37N3/c1-19(2)22(25-13-6-7-14-25)18-23-21-11-16-24(17-12-21)15-10-20-8-4-3-5-9-20/h3-5,8-9,19,21-23H,6-7,10-18H2,1-2H3. The fraction of sp³-hybridized carbons (Fsp3) is 0.727. The maximum Gasteiger partial charge on any atom is 0.0243 e. The van der Waals surface area contributed by atoms with E-state index in [0.717, 1.165) is 18.0 Å². The molecular formula is C22H37N3. The second-order valence-corrected chi connectivity index (χ2v) is 8.31. The van der Waals surface area contributed by atoms with E-state index in [4.69, 9.17) is 0 Å². The number of benzene rings is 1. The van der Waals surface area contributed by atoms with E-state index in [9.17, 15) is 0 Å². The Morgan fingerprint density at radius 1 is 1.00 bits per heavy atom. The third-order valence-electron chi connectivity index (χ3n) is 6.14. The molecule has 2 heterocycles. The van der Waals surface area contributed by atoms with Gasteiger partial charge in [-0.1, -0.05) is 44.2 Å². The molecule has 1 aromatic rings. The van der Waals surface area contributed by atoms with E-state index in [2.05, 4.69) is 59.3 Å². The molecule has 2 aliphatic rings. The molecule has 3 rings (SSSR count). The van der Waals surface area contributed by atoms with Gasteiger partial charge in [-0.25, -0.2) is 0 Å². The minimum atomic E-state index is 0.719. The molecule has 1 aromatic carbocycles. The van der Waals surface area contributed by atoms with Crippen LogP contribution in [-0.2, 0) is 6.42 Å². The second kappa shape index (κ2) is 9.70. The topological polar surface area (TPSA) is 18.5 Å². The summed E-state index contributed by atoms with van der Waals surface area (Å²) in [5.74, 6) is 0.747. The fourth-order valence-electron chi connectivity index (χ4n) is 4.44. The smallest absolute Gasteiger partial charge is 0.0243 e. The highest BCUT2D eigenvalue weighted by Crippen LogP contribution is 2.18. The molecule has 1 N–H and O–H groups in total. The predicted molar refractivity (Wildman–Crippen MR) is 107 cm³/mol. The summed E-state index contributed by atoms with van der Waals surface area (Å²) in [4.78, 5) is 5.36. The van der Waals surface area contributed by atoms with Crippen molar-refractivity contribution >= 4 is 0 Å². The summed E-state index contributed by atoms with van der Waals surface area (Å²) in [6.07, 6.45) is 6.58. The molecule has 0 amide bonds. The number of hydrogen-bond donors (Lipinski definition) is 1. The molecule has 0 radical (unpaired) electrons. The molecule has 1 unspecified atom stereocenters. The number of nitrogens with one attached hydrogen (secondary N) is 1. The third-order valence-corrected chi connectivity index (χ3v) is 6.14. The van der Waals surface area contributed by atoms with Gasteiger partial charge in [0.05, 0.1) is 0 Å². The van der Waals surface area contributed by atoms with Crippen molar-refractivity contribution < 1.29 is 0 Å². The summed E-state index contributed by atoms with van der Waals surface area (Å²) in [6.45, 7) is 12.3. The summed E-state index contributed by atoms with van der Waals surface area (Å²) in [6, 6.07) is 12.3. The van der Waals surface area contributed by atoms with Crippen LogP contribution in [0.4, 0.5) is 0 Å². The SMILES string of the molecule is CC(C)C(CNC1CCN(CCc2ccccc2)CC1)N1CCCC1. The van der Waals surface area contributed by atoms with Crippen molar-refractivity contribution in [3.05, 3.63) is 35.9 Å². The zero-order chi connectivity index (χ0) is 17.5. The fourth-order valence-corrected chi connectivity index (χ4v) is 4.44. The summed E-state index contributed by atoms with van der Waals surface area (Å²) in [5, 5.41) is 3.91. The molecule has 0 saturated carbocycles. The van der Waals surface area contributed by atoms with Gasteiger partial charge in [0, 0.05) is 25.2 Å². The van der Waals surface area contributed by atoms with Crippen LogP contribution in [0.1, 0.15) is 45.1 Å². The van der Waals surface area contributed by atoms with Crippen molar-refractivity contribution in [2.45, 2.75) is 58.0 Å². The van der Waals surface area contributed by atoms with Crippen LogP contribution >= 0.6 is 0 Å². The molecule has 2 saturated heterocycles. The maximum atomic E-state index is 3.91. The molecular weight excluding hydrogens is 306 g/mol. The molecule has 2 aliphatic heterocycles. The van der Waals surface area contributed by atoms with Crippen molar-refractivity contribution in [2.75, 3.05) is 39.3 Å². The molecule has 3 nitrogen and oxygen atoms in total. The molecule has 25 heavy (non-hydrogen) atoms. The van der Waals surface area contributed by atoms with Crippen LogP contribution in [0, 0.1) is 5.92 Å². The van der Waals surface area contributed by atoms with Gasteiger partial charge in [-0.15, -0.1) is 0 Å². The summed E-state index contributed by atoms with van der Waals surface area (Å²) < 4.78 is 0. The van der Waals surface area contributed by atoms with E-state index in [0.29, 0.717) is 0 Å². The number of hydrogen-bond acceptors (Lipinski definition) is 3. The highest BCUT2D eigenvalue weighted by atomic mass is 15.2. The highest BCUT2D eigenvalue weighted by molar-refractivity contribution is 5.14. The number of nitrogens with zero attached hydrogens (tertiary/aromatic N) is 2. The number of likely N-dealkylation sites (tertiary alicyclic amines) is 2. The van der Waals surface area contributed by atoms with Crippen LogP contribution in [0.15, 0.2) is 30.3 Å². The molecule has 0 bridgehead atoms. The molecule has 2 fully saturated rings. The van der Waals surface area contributed by atoms with Gasteiger partial charge in [-0.05, 0) is 69.8 Å². The summed E-state index contributed by atoms with van der Waals surface area (Å²) in [7, 11) is 0. The van der Waals surface area contributed by atoms with Crippen molar-refractivity contribution in [1.82, 2.24) is 15.1 Å². The first-order chi connectivity index (χ1) is 12.2. The normalized spacial score (nSPS) is 21.9. The Kier molecular flexibility index (Phi) is 7.33. The van der Waals surface area contributed by atoms with Crippen LogP contribution in [0.2, 0.25) is 0 Å². The Hall–Kier alpha value is -0.900. The first kappa shape index (κ1) is 18.9. The molecule has 0 aliphatic carbocycles. The lowest BCUT2D eigenvalue weighted by molar-refractivity contribution is 0.161. The van der Waals surface area contributed by atoms with Crippen molar-refractivity contribution in [1.29, 1.82) is 0 Å². The summed E-state index contributed by atoms with van der Waals surface area (Å²) in [5.41, 5.74) is 1.47. The molecule has 3 heteroatoms. The quantitative estimate of drug-likeness (QED) is 0.780. The monoisotopic (exact) mass is 343 g/mol. The Labute approximate surface area is 154 Å². The molecule has 0 spiro atoms. The van der Waals surface area contributed by atoms with Gasteiger partial charge in [0.2, 0.25) is 0 Å². The first-order valence-corrected chi connectivity index (χ1v) is 10.5. The maximum absolute atomic E-state index is 3.91. The van der Waals surface area contributed by atoms with Crippen molar-refractivity contribution in [2.24, 2.45) is 5.92 Å². The van der Waals surface area contributed by atoms with E-state index in [-0.39, 0.29) is 0 Å². The van der Waals surface area contributed by atoms with Gasteiger partial charge in [-0.3, -0.25) is 4.90 Å². The van der Waals surface area contributed by atoms with E-state index < -0.39 is 0 Å². The van der Waals surface area contributed by atoms with Crippen molar-refractivity contribution in [3.63, 3.8) is 0 Å². The number of rotatable bonds is 8. The number of piperidine rings is 1. The molecule has 140 valence electrons. The lowest BCUT2D eigenvalue weighted by Crippen LogP contribution is -2.49. The molecule has 0 aromatic heterocycles. The Morgan fingerprint density at radius 3 is 2.32 bits per heavy atom.